The van der Waals surface area contributed by atoms with Crippen LogP contribution < -0.4 is 15.4 Å². The number of aliphatic hydroxyl groups is 1. The smallest absolute Gasteiger partial charge is 0.191 e. The van der Waals surface area contributed by atoms with Gasteiger partial charge in [0.2, 0.25) is 0 Å². The van der Waals surface area contributed by atoms with Crippen LogP contribution in [0.5, 0.6) is 5.75 Å². The predicted molar refractivity (Wildman–Crippen MR) is 110 cm³/mol. The first kappa shape index (κ1) is 21.5. The Morgan fingerprint density at radius 2 is 2.07 bits per heavy atom. The summed E-state index contributed by atoms with van der Waals surface area (Å²) in [5, 5.41) is 16.0. The van der Waals surface area contributed by atoms with Gasteiger partial charge in [-0.25, -0.2) is 0 Å². The van der Waals surface area contributed by atoms with Crippen molar-refractivity contribution in [2.75, 3.05) is 46.1 Å². The molecule has 1 aliphatic rings. The Hall–Kier alpha value is -1.79. The average molecular weight is 378 g/mol. The van der Waals surface area contributed by atoms with Crippen molar-refractivity contribution in [1.29, 1.82) is 0 Å². The molecule has 0 spiro atoms. The number of aliphatic hydroxyl groups excluding tert-OH is 1. The van der Waals surface area contributed by atoms with Crippen LogP contribution >= 0.6 is 0 Å². The zero-order valence-electron chi connectivity index (χ0n) is 17.0. The van der Waals surface area contributed by atoms with Gasteiger partial charge < -0.3 is 25.2 Å². The Morgan fingerprint density at radius 3 is 2.70 bits per heavy atom. The summed E-state index contributed by atoms with van der Waals surface area (Å²) < 4.78 is 11.5. The van der Waals surface area contributed by atoms with Gasteiger partial charge in [-0.05, 0) is 51.2 Å². The van der Waals surface area contributed by atoms with Crippen molar-refractivity contribution >= 4 is 5.96 Å². The fraction of sp³-hybridized carbons (Fsp3) is 0.667. The molecule has 27 heavy (non-hydrogen) atoms. The minimum absolute atomic E-state index is 0.0252. The maximum absolute atomic E-state index is 9.34. The Morgan fingerprint density at radius 1 is 1.30 bits per heavy atom. The first-order valence-electron chi connectivity index (χ1n) is 10.00. The lowest BCUT2D eigenvalue weighted by molar-refractivity contribution is 0.131. The third-order valence-electron chi connectivity index (χ3n) is 5.01. The molecule has 0 saturated carbocycles. The highest BCUT2D eigenvalue weighted by Gasteiger charge is 2.34. The maximum atomic E-state index is 9.34. The second kappa shape index (κ2) is 11.1. The van der Waals surface area contributed by atoms with Crippen LogP contribution in [0.2, 0.25) is 0 Å². The van der Waals surface area contributed by atoms with Crippen LogP contribution in [0.4, 0.5) is 0 Å². The molecular formula is C21H35N3O3. The molecule has 1 aliphatic heterocycles. The van der Waals surface area contributed by atoms with Crippen LogP contribution in [-0.4, -0.2) is 57.1 Å². The molecule has 1 aromatic carbocycles. The normalized spacial score (nSPS) is 19.9. The molecule has 1 fully saturated rings. The topological polar surface area (TPSA) is 75.1 Å². The lowest BCUT2D eigenvalue weighted by atomic mass is 9.84. The number of ether oxygens (including phenoxy) is 2. The van der Waals surface area contributed by atoms with Crippen LogP contribution in [-0.2, 0) is 4.74 Å². The Bertz CT molecular complexity index is 578. The molecule has 0 amide bonds. The summed E-state index contributed by atoms with van der Waals surface area (Å²) in [5.41, 5.74) is 2.32. The monoisotopic (exact) mass is 377 g/mol. The molecular weight excluding hydrogens is 342 g/mol. The third-order valence-corrected chi connectivity index (χ3v) is 5.01. The van der Waals surface area contributed by atoms with Gasteiger partial charge in [0.1, 0.15) is 5.75 Å². The van der Waals surface area contributed by atoms with E-state index in [0.29, 0.717) is 19.8 Å². The van der Waals surface area contributed by atoms with E-state index >= 15 is 0 Å². The van der Waals surface area contributed by atoms with E-state index < -0.39 is 0 Å². The summed E-state index contributed by atoms with van der Waals surface area (Å²) in [6.07, 6.45) is 2.59. The molecule has 0 aromatic heterocycles. The summed E-state index contributed by atoms with van der Waals surface area (Å²) in [7, 11) is 0. The van der Waals surface area contributed by atoms with Gasteiger partial charge in [-0.3, -0.25) is 4.99 Å². The number of aliphatic imine (C=N–C) groups is 1. The van der Waals surface area contributed by atoms with Crippen molar-refractivity contribution in [1.82, 2.24) is 10.6 Å². The van der Waals surface area contributed by atoms with E-state index in [9.17, 15) is 5.11 Å². The molecule has 152 valence electrons. The minimum Gasteiger partial charge on any atom is -0.493 e. The Kier molecular flexibility index (Phi) is 8.88. The van der Waals surface area contributed by atoms with Gasteiger partial charge in [0.05, 0.1) is 19.8 Å². The molecule has 6 nitrogen and oxygen atoms in total. The van der Waals surface area contributed by atoms with Crippen molar-refractivity contribution in [3.05, 3.63) is 29.3 Å². The van der Waals surface area contributed by atoms with Gasteiger partial charge in [-0.1, -0.05) is 18.2 Å². The number of benzene rings is 1. The highest BCUT2D eigenvalue weighted by Crippen LogP contribution is 2.32. The summed E-state index contributed by atoms with van der Waals surface area (Å²) in [4.78, 5) is 4.73. The number of hydrogen-bond donors (Lipinski definition) is 3. The van der Waals surface area contributed by atoms with Crippen molar-refractivity contribution in [3.8, 4) is 5.75 Å². The lowest BCUT2D eigenvalue weighted by Crippen LogP contribution is -2.39. The second-order valence-electron chi connectivity index (χ2n) is 7.32. The maximum Gasteiger partial charge on any atom is 0.191 e. The quantitative estimate of drug-likeness (QED) is 0.332. The molecule has 2 rings (SSSR count). The highest BCUT2D eigenvalue weighted by atomic mass is 16.5. The van der Waals surface area contributed by atoms with Gasteiger partial charge in [-0.15, -0.1) is 0 Å². The summed E-state index contributed by atoms with van der Waals surface area (Å²) >= 11 is 0. The fourth-order valence-electron chi connectivity index (χ4n) is 3.36. The molecule has 1 saturated heterocycles. The summed E-state index contributed by atoms with van der Waals surface area (Å²) in [5.74, 6) is 1.80. The van der Waals surface area contributed by atoms with E-state index in [-0.39, 0.29) is 12.0 Å². The number of rotatable bonds is 10. The first-order valence-corrected chi connectivity index (χ1v) is 10.00. The van der Waals surface area contributed by atoms with Gasteiger partial charge >= 0.3 is 0 Å². The number of nitrogens with one attached hydrogen (secondary N) is 2. The van der Waals surface area contributed by atoms with E-state index in [1.165, 1.54) is 11.1 Å². The van der Waals surface area contributed by atoms with Crippen molar-refractivity contribution < 1.29 is 14.6 Å². The zero-order valence-corrected chi connectivity index (χ0v) is 17.0. The largest absolute Gasteiger partial charge is 0.493 e. The molecule has 1 unspecified atom stereocenters. The van der Waals surface area contributed by atoms with E-state index in [0.717, 1.165) is 50.7 Å². The van der Waals surface area contributed by atoms with E-state index in [2.05, 4.69) is 49.6 Å². The lowest BCUT2D eigenvalue weighted by Gasteiger charge is -2.24. The fourth-order valence-corrected chi connectivity index (χ4v) is 3.36. The van der Waals surface area contributed by atoms with Gasteiger partial charge in [0.15, 0.2) is 5.96 Å². The SMILES string of the molecule is CCNC(=NCC1(CCO)CCOC1)NCCCOc1c(C)cccc1C. The van der Waals surface area contributed by atoms with Gasteiger partial charge in [0.25, 0.3) is 0 Å². The van der Waals surface area contributed by atoms with Crippen LogP contribution in [0.1, 0.15) is 37.3 Å². The molecule has 0 bridgehead atoms. The molecule has 1 atom stereocenters. The molecule has 0 radical (unpaired) electrons. The van der Waals surface area contributed by atoms with Gasteiger partial charge in [-0.2, -0.15) is 0 Å². The summed E-state index contributed by atoms with van der Waals surface area (Å²) in [6, 6.07) is 6.20. The summed E-state index contributed by atoms with van der Waals surface area (Å²) in [6.45, 7) is 10.8. The van der Waals surface area contributed by atoms with Crippen molar-refractivity contribution in [2.45, 2.75) is 40.0 Å². The van der Waals surface area contributed by atoms with Gasteiger partial charge in [0, 0.05) is 31.7 Å². The molecule has 1 aromatic rings. The van der Waals surface area contributed by atoms with E-state index in [4.69, 9.17) is 14.5 Å². The highest BCUT2D eigenvalue weighted by molar-refractivity contribution is 5.79. The predicted octanol–water partition coefficient (Wildman–Crippen LogP) is 2.42. The molecule has 3 N–H and O–H groups in total. The molecule has 0 aliphatic carbocycles. The van der Waals surface area contributed by atoms with Crippen molar-refractivity contribution in [2.24, 2.45) is 10.4 Å². The third kappa shape index (κ3) is 6.70. The molecule has 6 heteroatoms. The number of aryl methyl sites for hydroxylation is 2. The minimum atomic E-state index is -0.0252. The van der Waals surface area contributed by atoms with Crippen LogP contribution in [0.15, 0.2) is 23.2 Å². The van der Waals surface area contributed by atoms with Crippen LogP contribution in [0.3, 0.4) is 0 Å². The average Bonchev–Trinajstić information content (AvgIpc) is 3.10. The molecule has 1 heterocycles. The number of guanidine groups is 1. The van der Waals surface area contributed by atoms with E-state index in [1.807, 2.05) is 0 Å². The Labute approximate surface area is 163 Å². The first-order chi connectivity index (χ1) is 13.1. The number of nitrogens with zero attached hydrogens (tertiary/aromatic N) is 1. The van der Waals surface area contributed by atoms with Crippen LogP contribution in [0.25, 0.3) is 0 Å². The Balaban J connectivity index is 1.78. The van der Waals surface area contributed by atoms with Crippen LogP contribution in [0, 0.1) is 19.3 Å². The van der Waals surface area contributed by atoms with Crippen molar-refractivity contribution in [3.63, 3.8) is 0 Å². The zero-order chi connectivity index (χ0) is 19.5. The van der Waals surface area contributed by atoms with E-state index in [1.54, 1.807) is 0 Å². The second-order valence-corrected chi connectivity index (χ2v) is 7.32. The number of para-hydroxylation sites is 1. The standard InChI is InChI=1S/C21H35N3O3/c1-4-22-20(24-15-21(9-12-25)10-14-26-16-21)23-11-6-13-27-19-17(2)7-5-8-18(19)3/h5,7-8,25H,4,6,9-16H2,1-3H3,(H2,22,23,24). The number of hydrogen-bond acceptors (Lipinski definition) is 4.